The molecule has 0 bridgehead atoms. The van der Waals surface area contributed by atoms with Crippen LogP contribution in [0.2, 0.25) is 0 Å². The van der Waals surface area contributed by atoms with Crippen molar-refractivity contribution in [1.29, 1.82) is 0 Å². The van der Waals surface area contributed by atoms with E-state index in [9.17, 15) is 0 Å². The van der Waals surface area contributed by atoms with E-state index >= 15 is 0 Å². The molecule has 0 amide bonds. The number of hydrogen-bond acceptors (Lipinski definition) is 2. The highest BCUT2D eigenvalue weighted by Gasteiger charge is 2.22. The molecule has 0 aliphatic heterocycles. The predicted molar refractivity (Wildman–Crippen MR) is 83.3 cm³/mol. The minimum atomic E-state index is 0.228. The van der Waals surface area contributed by atoms with Gasteiger partial charge in [-0.1, -0.05) is 47.5 Å². The lowest BCUT2D eigenvalue weighted by Crippen LogP contribution is -2.20. The molecule has 1 nitrogen and oxygen atoms in total. The Morgan fingerprint density at radius 1 is 1.11 bits per heavy atom. The summed E-state index contributed by atoms with van der Waals surface area (Å²) in [6.45, 7) is 11.3. The van der Waals surface area contributed by atoms with Crippen molar-refractivity contribution in [3.63, 3.8) is 0 Å². The van der Waals surface area contributed by atoms with E-state index in [1.807, 2.05) is 11.3 Å². The van der Waals surface area contributed by atoms with Gasteiger partial charge in [-0.2, -0.15) is 0 Å². The van der Waals surface area contributed by atoms with Crippen LogP contribution < -0.4 is 5.73 Å². The van der Waals surface area contributed by atoms with Crippen LogP contribution in [0.25, 0.3) is 0 Å². The molecule has 104 valence electrons. The van der Waals surface area contributed by atoms with Crippen LogP contribution in [0.15, 0.2) is 12.1 Å². The molecule has 1 atom stereocenters. The number of nitrogens with two attached hydrogens (primary N) is 1. The van der Waals surface area contributed by atoms with Gasteiger partial charge in [0.25, 0.3) is 0 Å². The van der Waals surface area contributed by atoms with Gasteiger partial charge in [0.05, 0.1) is 0 Å². The summed E-state index contributed by atoms with van der Waals surface area (Å²) in [7, 11) is 0. The van der Waals surface area contributed by atoms with Crippen molar-refractivity contribution in [2.75, 3.05) is 0 Å². The molecule has 18 heavy (non-hydrogen) atoms. The minimum absolute atomic E-state index is 0.228. The topological polar surface area (TPSA) is 26.0 Å². The summed E-state index contributed by atoms with van der Waals surface area (Å²) in [6.07, 6.45) is 4.96. The molecule has 0 aliphatic rings. The van der Waals surface area contributed by atoms with Crippen LogP contribution in [0.4, 0.5) is 0 Å². The van der Waals surface area contributed by atoms with Gasteiger partial charge in [0, 0.05) is 15.8 Å². The second-order valence-corrected chi connectivity index (χ2v) is 7.43. The van der Waals surface area contributed by atoms with Crippen LogP contribution in [0.1, 0.15) is 76.1 Å². The molecule has 0 radical (unpaired) electrons. The average molecular weight is 267 g/mol. The fraction of sp³-hybridized carbons (Fsp3) is 0.750. The van der Waals surface area contributed by atoms with E-state index in [-0.39, 0.29) is 11.5 Å². The second kappa shape index (κ2) is 6.72. The Morgan fingerprint density at radius 2 is 1.67 bits per heavy atom. The molecule has 2 N–H and O–H groups in total. The molecular formula is C16H29NS. The zero-order valence-corrected chi connectivity index (χ0v) is 13.4. The first kappa shape index (κ1) is 15.7. The van der Waals surface area contributed by atoms with Gasteiger partial charge in [-0.25, -0.2) is 0 Å². The molecule has 1 aromatic heterocycles. The highest BCUT2D eigenvalue weighted by molar-refractivity contribution is 7.12. The van der Waals surface area contributed by atoms with E-state index in [0.29, 0.717) is 5.92 Å². The predicted octanol–water partition coefficient (Wildman–Crippen LogP) is 5.26. The van der Waals surface area contributed by atoms with Crippen molar-refractivity contribution in [1.82, 2.24) is 0 Å². The quantitative estimate of drug-likeness (QED) is 0.747. The van der Waals surface area contributed by atoms with E-state index in [4.69, 9.17) is 5.73 Å². The summed E-state index contributed by atoms with van der Waals surface area (Å²) in [5.41, 5.74) is 6.72. The van der Waals surface area contributed by atoms with Crippen LogP contribution in [0, 0.1) is 5.92 Å². The summed E-state index contributed by atoms with van der Waals surface area (Å²) in [5, 5.41) is 0. The van der Waals surface area contributed by atoms with Crippen LogP contribution in [-0.4, -0.2) is 0 Å². The second-order valence-electron chi connectivity index (χ2n) is 6.32. The molecule has 2 heteroatoms. The maximum Gasteiger partial charge on any atom is 0.0418 e. The SMILES string of the molecule is CCCC(CCC)C(N)c1ccc(C(C)(C)C)s1. The van der Waals surface area contributed by atoms with E-state index in [1.165, 1.54) is 35.4 Å². The summed E-state index contributed by atoms with van der Waals surface area (Å²) in [4.78, 5) is 2.81. The van der Waals surface area contributed by atoms with E-state index in [1.54, 1.807) is 0 Å². The Kier molecular flexibility index (Phi) is 5.87. The summed E-state index contributed by atoms with van der Waals surface area (Å²) >= 11 is 1.90. The molecule has 1 heterocycles. The van der Waals surface area contributed by atoms with Crippen molar-refractivity contribution < 1.29 is 0 Å². The Bertz CT molecular complexity index is 342. The largest absolute Gasteiger partial charge is 0.323 e. The first-order valence-electron chi connectivity index (χ1n) is 7.25. The average Bonchev–Trinajstić information content (AvgIpc) is 2.76. The highest BCUT2D eigenvalue weighted by Crippen LogP contribution is 2.36. The first-order chi connectivity index (χ1) is 8.40. The Morgan fingerprint density at radius 3 is 2.06 bits per heavy atom. The van der Waals surface area contributed by atoms with Gasteiger partial charge in [-0.15, -0.1) is 11.3 Å². The molecule has 0 saturated heterocycles. The number of rotatable bonds is 6. The van der Waals surface area contributed by atoms with Crippen LogP contribution in [0.5, 0.6) is 0 Å². The van der Waals surface area contributed by atoms with Gasteiger partial charge in [-0.05, 0) is 36.3 Å². The fourth-order valence-corrected chi connectivity index (χ4v) is 3.57. The number of thiophene rings is 1. The standard InChI is InChI=1S/C16H29NS/c1-6-8-12(9-7-2)15(17)13-10-11-14(18-13)16(3,4)5/h10-12,15H,6-9,17H2,1-5H3. The van der Waals surface area contributed by atoms with Crippen molar-refractivity contribution in [2.45, 2.75) is 71.8 Å². The third-order valence-corrected chi connectivity index (χ3v) is 5.13. The van der Waals surface area contributed by atoms with Crippen molar-refractivity contribution in [3.8, 4) is 0 Å². The van der Waals surface area contributed by atoms with Crippen LogP contribution in [-0.2, 0) is 5.41 Å². The van der Waals surface area contributed by atoms with Crippen molar-refractivity contribution >= 4 is 11.3 Å². The van der Waals surface area contributed by atoms with Gasteiger partial charge in [0.15, 0.2) is 0 Å². The van der Waals surface area contributed by atoms with Gasteiger partial charge >= 0.3 is 0 Å². The Hall–Kier alpha value is -0.340. The minimum Gasteiger partial charge on any atom is -0.323 e. The molecule has 0 aliphatic carbocycles. The maximum absolute atomic E-state index is 6.48. The summed E-state index contributed by atoms with van der Waals surface area (Å²) in [5.74, 6) is 0.645. The third kappa shape index (κ3) is 4.10. The zero-order valence-electron chi connectivity index (χ0n) is 12.6. The normalized spacial score (nSPS) is 14.2. The molecule has 0 saturated carbocycles. The Labute approximate surface area is 117 Å². The van der Waals surface area contributed by atoms with Crippen molar-refractivity contribution in [3.05, 3.63) is 21.9 Å². The first-order valence-corrected chi connectivity index (χ1v) is 8.07. The lowest BCUT2D eigenvalue weighted by molar-refractivity contribution is 0.372. The van der Waals surface area contributed by atoms with Gasteiger partial charge in [-0.3, -0.25) is 0 Å². The molecule has 1 aromatic rings. The van der Waals surface area contributed by atoms with E-state index in [2.05, 4.69) is 46.8 Å². The third-order valence-electron chi connectivity index (χ3n) is 3.52. The monoisotopic (exact) mass is 267 g/mol. The summed E-state index contributed by atoms with van der Waals surface area (Å²) < 4.78 is 0. The molecule has 1 unspecified atom stereocenters. The van der Waals surface area contributed by atoms with Crippen LogP contribution in [0.3, 0.4) is 0 Å². The van der Waals surface area contributed by atoms with E-state index in [0.717, 1.165) is 0 Å². The number of hydrogen-bond donors (Lipinski definition) is 1. The molecule has 0 fully saturated rings. The smallest absolute Gasteiger partial charge is 0.0418 e. The molecular weight excluding hydrogens is 238 g/mol. The summed E-state index contributed by atoms with van der Waals surface area (Å²) in [6, 6.07) is 4.73. The lowest BCUT2D eigenvalue weighted by Gasteiger charge is -2.22. The molecule has 1 rings (SSSR count). The van der Waals surface area contributed by atoms with Crippen molar-refractivity contribution in [2.24, 2.45) is 11.7 Å². The van der Waals surface area contributed by atoms with Gasteiger partial charge in [0.1, 0.15) is 0 Å². The fourth-order valence-electron chi connectivity index (χ4n) is 2.41. The Balaban J connectivity index is 2.81. The zero-order chi connectivity index (χ0) is 13.8. The van der Waals surface area contributed by atoms with Gasteiger partial charge < -0.3 is 5.73 Å². The molecule has 0 aromatic carbocycles. The van der Waals surface area contributed by atoms with E-state index < -0.39 is 0 Å². The maximum atomic E-state index is 6.48. The highest BCUT2D eigenvalue weighted by atomic mass is 32.1. The molecule has 0 spiro atoms. The lowest BCUT2D eigenvalue weighted by atomic mass is 9.90. The van der Waals surface area contributed by atoms with Crippen LogP contribution >= 0.6 is 11.3 Å². The van der Waals surface area contributed by atoms with Gasteiger partial charge in [0.2, 0.25) is 0 Å².